The van der Waals surface area contributed by atoms with E-state index in [-0.39, 0.29) is 23.5 Å². The molecule has 1 aliphatic rings. The van der Waals surface area contributed by atoms with Gasteiger partial charge in [0.15, 0.2) is 10.9 Å². The number of aromatic nitrogens is 5. The van der Waals surface area contributed by atoms with Crippen molar-refractivity contribution in [1.82, 2.24) is 29.9 Å². The first-order chi connectivity index (χ1) is 17.3. The van der Waals surface area contributed by atoms with Crippen molar-refractivity contribution in [2.45, 2.75) is 51.4 Å². The van der Waals surface area contributed by atoms with Gasteiger partial charge in [0.05, 0.1) is 23.9 Å². The minimum atomic E-state index is -0.338. The highest BCUT2D eigenvalue weighted by Gasteiger charge is 2.32. The van der Waals surface area contributed by atoms with Gasteiger partial charge < -0.3 is 9.64 Å². The molecule has 1 unspecified atom stereocenters. The van der Waals surface area contributed by atoms with Gasteiger partial charge in [-0.1, -0.05) is 34.6 Å². The molecule has 9 nitrogen and oxygen atoms in total. The standard InChI is InChI=1S/C25H29ClN6O3S/c1-5-35-24(34)18-7-6-10-31(13-18)23(33)22-21(14-36-25-27-16(3)11-17(4)28-25)32(30-29-22)19-9-8-15(2)20(26)12-19/h8-9,11-12,18H,5-7,10,13-14H2,1-4H3. The SMILES string of the molecule is CCOC(=O)C1CCCN(C(=O)c2nnn(-c3ccc(C)c(Cl)c3)c2CSc2nc(C)cc(C)n2)C1. The van der Waals surface area contributed by atoms with E-state index < -0.39 is 0 Å². The maximum Gasteiger partial charge on any atom is 0.310 e. The first kappa shape index (κ1) is 26.1. The van der Waals surface area contributed by atoms with E-state index in [4.69, 9.17) is 16.3 Å². The lowest BCUT2D eigenvalue weighted by molar-refractivity contribution is -0.149. The Bertz CT molecular complexity index is 1260. The fourth-order valence-corrected chi connectivity index (χ4v) is 5.29. The molecule has 1 amide bonds. The van der Waals surface area contributed by atoms with E-state index in [1.54, 1.807) is 22.6 Å². The molecule has 1 aromatic carbocycles. The quantitative estimate of drug-likeness (QED) is 0.253. The molecular weight excluding hydrogens is 500 g/mol. The third-order valence-corrected chi connectivity index (χ3v) is 7.26. The van der Waals surface area contributed by atoms with Crippen molar-refractivity contribution in [3.05, 3.63) is 57.6 Å². The monoisotopic (exact) mass is 528 g/mol. The van der Waals surface area contributed by atoms with E-state index in [0.717, 1.165) is 23.4 Å². The smallest absolute Gasteiger partial charge is 0.310 e. The van der Waals surface area contributed by atoms with Gasteiger partial charge in [0.1, 0.15) is 0 Å². The van der Waals surface area contributed by atoms with Gasteiger partial charge in [-0.05, 0) is 64.3 Å². The normalized spacial score (nSPS) is 15.7. The van der Waals surface area contributed by atoms with Crippen LogP contribution in [0.5, 0.6) is 0 Å². The number of hydrogen-bond donors (Lipinski definition) is 0. The minimum Gasteiger partial charge on any atom is -0.466 e. The van der Waals surface area contributed by atoms with Crippen molar-refractivity contribution in [2.75, 3.05) is 19.7 Å². The lowest BCUT2D eigenvalue weighted by atomic mass is 9.98. The first-order valence-electron chi connectivity index (χ1n) is 11.9. The number of carbonyl (C=O) groups excluding carboxylic acids is 2. The molecule has 0 radical (unpaired) electrons. The van der Waals surface area contributed by atoms with E-state index in [1.807, 2.05) is 39.0 Å². The summed E-state index contributed by atoms with van der Waals surface area (Å²) in [4.78, 5) is 36.6. The highest BCUT2D eigenvalue weighted by Crippen LogP contribution is 2.27. The summed E-state index contributed by atoms with van der Waals surface area (Å²) in [6, 6.07) is 7.51. The van der Waals surface area contributed by atoms with Crippen molar-refractivity contribution in [3.8, 4) is 5.69 Å². The van der Waals surface area contributed by atoms with Crippen LogP contribution in [0.3, 0.4) is 0 Å². The number of thioether (sulfide) groups is 1. The van der Waals surface area contributed by atoms with Gasteiger partial charge in [-0.15, -0.1) is 5.10 Å². The molecule has 11 heteroatoms. The Morgan fingerprint density at radius 2 is 1.92 bits per heavy atom. The Kier molecular flexibility index (Phi) is 8.25. The molecule has 36 heavy (non-hydrogen) atoms. The Morgan fingerprint density at radius 1 is 1.17 bits per heavy atom. The van der Waals surface area contributed by atoms with Gasteiger partial charge in [-0.3, -0.25) is 9.59 Å². The summed E-state index contributed by atoms with van der Waals surface area (Å²) in [7, 11) is 0. The summed E-state index contributed by atoms with van der Waals surface area (Å²) in [5.41, 5.74) is 4.25. The molecule has 190 valence electrons. The van der Waals surface area contributed by atoms with Crippen LogP contribution >= 0.6 is 23.4 Å². The van der Waals surface area contributed by atoms with Gasteiger partial charge in [0, 0.05) is 35.3 Å². The molecule has 2 aromatic heterocycles. The first-order valence-corrected chi connectivity index (χ1v) is 13.2. The molecule has 0 spiro atoms. The topological polar surface area (TPSA) is 103 Å². The Morgan fingerprint density at radius 3 is 2.61 bits per heavy atom. The number of rotatable bonds is 7. The van der Waals surface area contributed by atoms with Crippen LogP contribution in [0.4, 0.5) is 0 Å². The van der Waals surface area contributed by atoms with Gasteiger partial charge in [-0.25, -0.2) is 14.6 Å². The van der Waals surface area contributed by atoms with Crippen LogP contribution in [0, 0.1) is 26.7 Å². The molecule has 1 fully saturated rings. The second-order valence-electron chi connectivity index (χ2n) is 8.79. The largest absolute Gasteiger partial charge is 0.466 e. The molecule has 4 rings (SSSR count). The molecule has 0 bridgehead atoms. The molecule has 1 atom stereocenters. The average molecular weight is 529 g/mol. The van der Waals surface area contributed by atoms with Crippen LogP contribution in [0.2, 0.25) is 5.02 Å². The molecule has 0 N–H and O–H groups in total. The number of likely N-dealkylation sites (tertiary alicyclic amines) is 1. The second kappa shape index (κ2) is 11.4. The molecule has 1 aliphatic heterocycles. The van der Waals surface area contributed by atoms with Crippen LogP contribution in [0.1, 0.15) is 52.9 Å². The van der Waals surface area contributed by atoms with E-state index >= 15 is 0 Å². The number of hydrogen-bond acceptors (Lipinski definition) is 8. The lowest BCUT2D eigenvalue weighted by Crippen LogP contribution is -2.43. The zero-order valence-electron chi connectivity index (χ0n) is 20.8. The number of benzene rings is 1. The van der Waals surface area contributed by atoms with Gasteiger partial charge >= 0.3 is 5.97 Å². The number of carbonyl (C=O) groups is 2. The van der Waals surface area contributed by atoms with Crippen LogP contribution in [-0.4, -0.2) is 61.4 Å². The van der Waals surface area contributed by atoms with E-state index in [1.165, 1.54) is 11.8 Å². The number of esters is 1. The van der Waals surface area contributed by atoms with Crippen LogP contribution in [0.25, 0.3) is 5.69 Å². The van der Waals surface area contributed by atoms with Crippen LogP contribution in [0.15, 0.2) is 29.4 Å². The molecule has 0 aliphatic carbocycles. The predicted molar refractivity (Wildman–Crippen MR) is 137 cm³/mol. The predicted octanol–water partition coefficient (Wildman–Crippen LogP) is 4.34. The molecule has 3 aromatic rings. The van der Waals surface area contributed by atoms with Crippen LogP contribution in [-0.2, 0) is 15.3 Å². The van der Waals surface area contributed by atoms with Crippen LogP contribution < -0.4 is 0 Å². The zero-order valence-corrected chi connectivity index (χ0v) is 22.4. The van der Waals surface area contributed by atoms with Crippen molar-refractivity contribution < 1.29 is 14.3 Å². The van der Waals surface area contributed by atoms with Gasteiger partial charge in [-0.2, -0.15) is 0 Å². The Balaban J connectivity index is 1.66. The highest BCUT2D eigenvalue weighted by molar-refractivity contribution is 7.98. The van der Waals surface area contributed by atoms with Gasteiger partial charge in [0.25, 0.3) is 5.91 Å². The lowest BCUT2D eigenvalue weighted by Gasteiger charge is -2.31. The van der Waals surface area contributed by atoms with E-state index in [2.05, 4.69) is 20.3 Å². The van der Waals surface area contributed by atoms with E-state index in [9.17, 15) is 9.59 Å². The number of nitrogens with zero attached hydrogens (tertiary/aromatic N) is 6. The molecule has 3 heterocycles. The second-order valence-corrected chi connectivity index (χ2v) is 10.1. The van der Waals surface area contributed by atoms with Crippen molar-refractivity contribution in [2.24, 2.45) is 5.92 Å². The number of piperidine rings is 1. The summed E-state index contributed by atoms with van der Waals surface area (Å²) in [6.07, 6.45) is 1.42. The summed E-state index contributed by atoms with van der Waals surface area (Å²) in [5.74, 6) is -0.492. The number of amides is 1. The third kappa shape index (κ3) is 5.87. The molecule has 0 saturated carbocycles. The van der Waals surface area contributed by atoms with Crippen molar-refractivity contribution in [1.29, 1.82) is 0 Å². The van der Waals surface area contributed by atoms with Crippen molar-refractivity contribution >= 4 is 35.2 Å². The summed E-state index contributed by atoms with van der Waals surface area (Å²) < 4.78 is 6.83. The molecular formula is C25H29ClN6O3S. The van der Waals surface area contributed by atoms with Crippen molar-refractivity contribution in [3.63, 3.8) is 0 Å². The highest BCUT2D eigenvalue weighted by atomic mass is 35.5. The summed E-state index contributed by atoms with van der Waals surface area (Å²) in [6.45, 7) is 8.71. The number of ether oxygens (including phenoxy) is 1. The summed E-state index contributed by atoms with van der Waals surface area (Å²) in [5, 5.41) is 9.81. The Hall–Kier alpha value is -2.98. The molecule has 1 saturated heterocycles. The number of halogens is 1. The number of aryl methyl sites for hydroxylation is 3. The fraction of sp³-hybridized carbons (Fsp3) is 0.440. The van der Waals surface area contributed by atoms with E-state index in [0.29, 0.717) is 53.4 Å². The van der Waals surface area contributed by atoms with Gasteiger partial charge in [0.2, 0.25) is 0 Å². The third-order valence-electron chi connectivity index (χ3n) is 5.99. The average Bonchev–Trinajstić information content (AvgIpc) is 3.27. The Labute approximate surface area is 219 Å². The fourth-order valence-electron chi connectivity index (χ4n) is 4.17. The maximum absolute atomic E-state index is 13.6. The minimum absolute atomic E-state index is 0.244. The zero-order chi connectivity index (χ0) is 25.8. The summed E-state index contributed by atoms with van der Waals surface area (Å²) >= 11 is 7.79. The maximum atomic E-state index is 13.6.